The summed E-state index contributed by atoms with van der Waals surface area (Å²) in [6.45, 7) is 17.2. The summed E-state index contributed by atoms with van der Waals surface area (Å²) >= 11 is 4.42. The molecule has 1 aliphatic heterocycles. The van der Waals surface area contributed by atoms with Gasteiger partial charge in [-0.15, -0.1) is 0 Å². The summed E-state index contributed by atoms with van der Waals surface area (Å²) in [6.07, 6.45) is -0.890. The van der Waals surface area contributed by atoms with Crippen LogP contribution in [0.4, 0.5) is 9.59 Å². The normalized spacial score (nSPS) is 18.0. The molecule has 10 nitrogen and oxygen atoms in total. The van der Waals surface area contributed by atoms with Crippen molar-refractivity contribution in [2.24, 2.45) is 0 Å². The van der Waals surface area contributed by atoms with Crippen molar-refractivity contribution in [3.63, 3.8) is 0 Å². The largest absolute Gasteiger partial charge is 0.472 e. The van der Waals surface area contributed by atoms with Gasteiger partial charge in [0.25, 0.3) is 5.88 Å². The average molecular weight is 693 g/mol. The minimum absolute atomic E-state index is 0.154. The monoisotopic (exact) mass is 691 g/mol. The van der Waals surface area contributed by atoms with E-state index in [2.05, 4.69) is 26.4 Å². The van der Waals surface area contributed by atoms with Crippen molar-refractivity contribution in [2.45, 2.75) is 84.6 Å². The zero-order valence-electron chi connectivity index (χ0n) is 26.7. The van der Waals surface area contributed by atoms with Gasteiger partial charge in [0.2, 0.25) is 0 Å². The number of rotatable bonds is 6. The molecule has 1 N–H and O–H groups in total. The number of alkyl carbamates (subject to hydrolysis) is 1. The van der Waals surface area contributed by atoms with Crippen molar-refractivity contribution in [2.75, 3.05) is 13.2 Å². The van der Waals surface area contributed by atoms with Gasteiger partial charge in [0.15, 0.2) is 5.76 Å². The van der Waals surface area contributed by atoms with Crippen LogP contribution in [0, 0.1) is 6.92 Å². The summed E-state index contributed by atoms with van der Waals surface area (Å²) in [5.74, 6) is 0.960. The molecular weight excluding hydrogens is 650 g/mol. The Hall–Kier alpha value is -3.22. The highest BCUT2D eigenvalue weighted by atomic mass is 79.9. The highest BCUT2D eigenvalue weighted by Gasteiger charge is 2.45. The number of nitrogens with one attached hydrogen (secondary N) is 1. The Kier molecular flexibility index (Phi) is 11.4. The maximum atomic E-state index is 12.3. The summed E-state index contributed by atoms with van der Waals surface area (Å²) in [6, 6.07) is 19.4. The molecule has 0 saturated carbocycles. The number of amides is 2. The predicted octanol–water partition coefficient (Wildman–Crippen LogP) is 8.30. The number of aryl methyl sites for hydroxylation is 1. The van der Waals surface area contributed by atoms with Gasteiger partial charge in [-0.2, -0.15) is 0 Å². The van der Waals surface area contributed by atoms with E-state index in [1.165, 1.54) is 0 Å². The minimum Gasteiger partial charge on any atom is -0.472 e. The maximum absolute atomic E-state index is 12.3. The Bertz CT molecular complexity index is 1390. The second-order valence-electron chi connectivity index (χ2n) is 12.7. The minimum atomic E-state index is -0.810. The lowest BCUT2D eigenvalue weighted by Gasteiger charge is -2.33. The second kappa shape index (κ2) is 14.3. The van der Waals surface area contributed by atoms with Gasteiger partial charge in [-0.3, -0.25) is 4.18 Å². The molecule has 0 spiro atoms. The molecule has 12 heteroatoms. The molecule has 2 atom stereocenters. The van der Waals surface area contributed by atoms with E-state index in [9.17, 15) is 9.59 Å². The van der Waals surface area contributed by atoms with Crippen molar-refractivity contribution in [1.29, 1.82) is 0 Å². The Morgan fingerprint density at radius 1 is 0.977 bits per heavy atom. The van der Waals surface area contributed by atoms with Crippen LogP contribution in [0.2, 0.25) is 0 Å². The highest BCUT2D eigenvalue weighted by Crippen LogP contribution is 2.42. The Balaban J connectivity index is 0.000000249. The van der Waals surface area contributed by atoms with E-state index < -0.39 is 28.4 Å². The van der Waals surface area contributed by atoms with E-state index in [1.54, 1.807) is 11.2 Å². The first kappa shape index (κ1) is 35.3. The summed E-state index contributed by atoms with van der Waals surface area (Å²) in [5.41, 5.74) is -0.500. The van der Waals surface area contributed by atoms with Crippen molar-refractivity contribution >= 4 is 40.3 Å². The average Bonchev–Trinajstić information content (AvgIpc) is 3.49. The summed E-state index contributed by atoms with van der Waals surface area (Å²) in [5, 5.41) is 6.77. The van der Waals surface area contributed by atoms with E-state index >= 15 is 0 Å². The zero-order chi connectivity index (χ0) is 32.8. The zero-order valence-corrected chi connectivity index (χ0v) is 29.1. The van der Waals surface area contributed by atoms with Gasteiger partial charge in [-0.1, -0.05) is 60.7 Å². The smallest absolute Gasteiger partial charge is 0.423 e. The van der Waals surface area contributed by atoms with E-state index in [4.69, 9.17) is 22.9 Å². The molecule has 2 aromatic carbocycles. The van der Waals surface area contributed by atoms with Crippen LogP contribution in [0.5, 0.6) is 5.88 Å². The summed E-state index contributed by atoms with van der Waals surface area (Å²) in [7, 11) is 0. The van der Waals surface area contributed by atoms with Crippen molar-refractivity contribution in [1.82, 2.24) is 14.8 Å². The van der Waals surface area contributed by atoms with Crippen LogP contribution in [0.1, 0.15) is 72.3 Å². The van der Waals surface area contributed by atoms with Crippen LogP contribution in [0.3, 0.4) is 0 Å². The van der Waals surface area contributed by atoms with Crippen LogP contribution in [-0.4, -0.2) is 46.1 Å². The summed E-state index contributed by atoms with van der Waals surface area (Å²) < 4.78 is 29.3. The van der Waals surface area contributed by atoms with E-state index in [0.29, 0.717) is 22.7 Å². The van der Waals surface area contributed by atoms with Crippen molar-refractivity contribution in [3.05, 3.63) is 82.0 Å². The van der Waals surface area contributed by atoms with E-state index in [-0.39, 0.29) is 12.7 Å². The van der Waals surface area contributed by atoms with E-state index in [0.717, 1.165) is 23.4 Å². The number of aromatic nitrogens is 1. The first-order valence-electron chi connectivity index (χ1n) is 14.1. The molecule has 4 rings (SSSR count). The van der Waals surface area contributed by atoms with Crippen LogP contribution in [0.15, 0.2) is 69.7 Å². The first-order chi connectivity index (χ1) is 20.4. The van der Waals surface area contributed by atoms with Crippen LogP contribution in [0.25, 0.3) is 0 Å². The molecule has 3 aromatic rings. The number of hydrogen-bond acceptors (Lipinski definition) is 9. The fraction of sp³-hybridized carbons (Fsp3) is 0.469. The molecule has 1 saturated heterocycles. The van der Waals surface area contributed by atoms with Gasteiger partial charge in [-0.05, 0) is 94.5 Å². The van der Waals surface area contributed by atoms with Gasteiger partial charge in [0, 0.05) is 0 Å². The number of hydrogen-bond donors (Lipinski definition) is 1. The molecule has 0 bridgehead atoms. The number of carbonyl (C=O) groups excluding carboxylic acids is 2. The van der Waals surface area contributed by atoms with E-state index in [1.807, 2.05) is 116 Å². The van der Waals surface area contributed by atoms with Crippen molar-refractivity contribution < 1.29 is 32.5 Å². The first-order valence-corrected chi connectivity index (χ1v) is 15.6. The number of carbonyl (C=O) groups is 2. The number of nitrogens with zero attached hydrogens (tertiary/aromatic N) is 2. The predicted molar refractivity (Wildman–Crippen MR) is 173 cm³/mol. The molecule has 0 aliphatic carbocycles. The quantitative estimate of drug-likeness (QED) is 0.201. The van der Waals surface area contributed by atoms with Gasteiger partial charge >= 0.3 is 12.2 Å². The fourth-order valence-corrected chi connectivity index (χ4v) is 5.10. The number of ether oxygens (including phenoxy) is 3. The SMILES string of the molecule is CC(C)(C)OC(=O)N1SOC[C@]1(C)c1ccccc1.Cc1onc(OC[C@@](C)(NC(=O)OC(C)(C)C)c2ccccc2)c1Br. The van der Waals surface area contributed by atoms with Crippen LogP contribution < -0.4 is 10.1 Å². The third kappa shape index (κ3) is 9.64. The lowest BCUT2D eigenvalue weighted by atomic mass is 9.93. The third-order valence-electron chi connectivity index (χ3n) is 6.32. The lowest BCUT2D eigenvalue weighted by molar-refractivity contribution is 0.0276. The molecule has 0 radical (unpaired) electrons. The molecule has 1 aliphatic rings. The number of benzene rings is 2. The molecule has 0 unspecified atom stereocenters. The van der Waals surface area contributed by atoms with Crippen molar-refractivity contribution in [3.8, 4) is 5.88 Å². The number of halogens is 1. The highest BCUT2D eigenvalue weighted by molar-refractivity contribution is 9.10. The van der Waals surface area contributed by atoms with Gasteiger partial charge in [-0.25, -0.2) is 13.9 Å². The molecule has 2 amide bonds. The Morgan fingerprint density at radius 3 is 2.07 bits per heavy atom. The Morgan fingerprint density at radius 2 is 1.55 bits per heavy atom. The second-order valence-corrected chi connectivity index (χ2v) is 14.3. The summed E-state index contributed by atoms with van der Waals surface area (Å²) in [4.78, 5) is 24.6. The molecule has 240 valence electrons. The van der Waals surface area contributed by atoms with Crippen LogP contribution in [-0.2, 0) is 24.7 Å². The van der Waals surface area contributed by atoms with Gasteiger partial charge < -0.3 is 24.1 Å². The van der Waals surface area contributed by atoms with Gasteiger partial charge in [0.1, 0.15) is 40.0 Å². The molecule has 2 heterocycles. The molecule has 1 aromatic heterocycles. The fourth-order valence-electron chi connectivity index (χ4n) is 4.04. The molecule has 44 heavy (non-hydrogen) atoms. The topological polar surface area (TPSA) is 112 Å². The molecule has 1 fully saturated rings. The van der Waals surface area contributed by atoms with Crippen LogP contribution >= 0.6 is 28.2 Å². The lowest BCUT2D eigenvalue weighted by Crippen LogP contribution is -2.49. The maximum Gasteiger partial charge on any atom is 0.423 e. The molecular formula is C32H42BrN3O7S. The van der Waals surface area contributed by atoms with Gasteiger partial charge in [0.05, 0.1) is 12.1 Å². The standard InChI is InChI=1S/C18H23BrN2O4.C14H19NO3S/c1-12-14(19)15(21-25-12)23-11-18(5,13-9-7-6-8-10-13)20-16(22)24-17(2,3)4;1-13(2,3)18-12(16)15-14(4,10-17-19-15)11-8-6-5-7-9-11/h6-10H,11H2,1-5H3,(H,20,22);5-9H,10H2,1-4H3/t18-;14-/m11/s1. The third-order valence-corrected chi connectivity index (χ3v) is 8.14. The Labute approximate surface area is 272 Å².